The molecule has 0 saturated heterocycles. The van der Waals surface area contributed by atoms with E-state index in [4.69, 9.17) is 14.2 Å². The lowest BCUT2D eigenvalue weighted by Gasteiger charge is -2.11. The zero-order chi connectivity index (χ0) is 27.1. The highest BCUT2D eigenvalue weighted by Crippen LogP contribution is 2.38. The zero-order valence-corrected chi connectivity index (χ0v) is 21.6. The second kappa shape index (κ2) is 12.2. The van der Waals surface area contributed by atoms with Gasteiger partial charge in [-0.15, -0.1) is 11.3 Å². The molecule has 0 fully saturated rings. The summed E-state index contributed by atoms with van der Waals surface area (Å²) in [4.78, 5) is 50.8. The quantitative estimate of drug-likeness (QED) is 0.155. The maximum absolute atomic E-state index is 12.6. The second-order valence-corrected chi connectivity index (χ2v) is 9.32. The number of carbonyl (C=O) groups is 4. The zero-order valence-electron chi connectivity index (χ0n) is 20.7. The van der Waals surface area contributed by atoms with Gasteiger partial charge in [0.05, 0.1) is 31.6 Å². The van der Waals surface area contributed by atoms with E-state index in [9.17, 15) is 19.2 Å². The molecule has 11 heteroatoms. The predicted molar refractivity (Wildman–Crippen MR) is 141 cm³/mol. The molecule has 1 aromatic heterocycles. The summed E-state index contributed by atoms with van der Waals surface area (Å²) in [7, 11) is 2.77. The average molecular weight is 536 g/mol. The Balaban J connectivity index is 1.41. The normalized spacial score (nSPS) is 12.4. The minimum absolute atomic E-state index is 0.203. The summed E-state index contributed by atoms with van der Waals surface area (Å²) >= 11 is 1.27. The van der Waals surface area contributed by atoms with Crippen LogP contribution in [0.2, 0.25) is 0 Å². The van der Waals surface area contributed by atoms with Crippen LogP contribution >= 0.6 is 11.3 Å². The lowest BCUT2D eigenvalue weighted by atomic mass is 9.95. The molecule has 4 rings (SSSR count). The lowest BCUT2D eigenvalue weighted by molar-refractivity contribution is -0.136. The number of nitrogens with zero attached hydrogens (tertiary/aromatic N) is 1. The number of ether oxygens (including phenoxy) is 3. The van der Waals surface area contributed by atoms with Crippen molar-refractivity contribution in [3.8, 4) is 11.5 Å². The largest absolute Gasteiger partial charge is 0.497 e. The van der Waals surface area contributed by atoms with E-state index in [0.29, 0.717) is 28.9 Å². The molecule has 0 spiro atoms. The Labute approximate surface area is 222 Å². The summed E-state index contributed by atoms with van der Waals surface area (Å²) in [6, 6.07) is 13.1. The van der Waals surface area contributed by atoms with Crippen molar-refractivity contribution in [1.82, 2.24) is 5.43 Å². The Bertz CT molecular complexity index is 1410. The first-order valence-corrected chi connectivity index (χ1v) is 12.6. The Morgan fingerprint density at radius 3 is 2.53 bits per heavy atom. The van der Waals surface area contributed by atoms with Crippen molar-refractivity contribution < 1.29 is 33.4 Å². The van der Waals surface area contributed by atoms with Gasteiger partial charge in [0.1, 0.15) is 16.5 Å². The van der Waals surface area contributed by atoms with E-state index in [1.807, 2.05) is 0 Å². The number of hydrogen-bond donors (Lipinski definition) is 2. The molecule has 3 aromatic rings. The summed E-state index contributed by atoms with van der Waals surface area (Å²) in [5, 5.41) is 6.62. The van der Waals surface area contributed by atoms with E-state index >= 15 is 0 Å². The van der Waals surface area contributed by atoms with E-state index < -0.39 is 23.8 Å². The molecular formula is C27H25N3O7S. The van der Waals surface area contributed by atoms with Crippen molar-refractivity contribution in [2.75, 3.05) is 19.5 Å². The number of amides is 2. The number of benzene rings is 2. The number of hydrogen-bond acceptors (Lipinski definition) is 9. The van der Waals surface area contributed by atoms with Gasteiger partial charge in [-0.3, -0.25) is 9.59 Å². The van der Waals surface area contributed by atoms with Crippen LogP contribution in [-0.4, -0.2) is 44.2 Å². The van der Waals surface area contributed by atoms with Gasteiger partial charge in [-0.2, -0.15) is 5.10 Å². The number of methoxy groups -OCH3 is 2. The summed E-state index contributed by atoms with van der Waals surface area (Å²) < 4.78 is 15.5. The van der Waals surface area contributed by atoms with Crippen LogP contribution in [0.3, 0.4) is 0 Å². The number of thiophene rings is 1. The molecule has 0 aliphatic heterocycles. The van der Waals surface area contributed by atoms with Crippen molar-refractivity contribution in [1.29, 1.82) is 0 Å². The average Bonchev–Trinajstić information content (AvgIpc) is 3.31. The first-order valence-electron chi connectivity index (χ1n) is 11.7. The third-order valence-corrected chi connectivity index (χ3v) is 7.00. The van der Waals surface area contributed by atoms with Crippen LogP contribution in [0, 0.1) is 0 Å². The van der Waals surface area contributed by atoms with Gasteiger partial charge in [-0.05, 0) is 61.6 Å². The molecule has 2 amide bonds. The van der Waals surface area contributed by atoms with Crippen molar-refractivity contribution >= 4 is 46.3 Å². The molecule has 0 unspecified atom stereocenters. The molecule has 2 aromatic carbocycles. The molecule has 38 heavy (non-hydrogen) atoms. The number of fused-ring (bicyclic) bond motifs is 1. The van der Waals surface area contributed by atoms with Gasteiger partial charge in [0, 0.05) is 10.4 Å². The van der Waals surface area contributed by atoms with Gasteiger partial charge in [0.2, 0.25) is 0 Å². The molecule has 1 aliphatic rings. The van der Waals surface area contributed by atoms with Gasteiger partial charge >= 0.3 is 23.8 Å². The number of aryl methyl sites for hydroxylation is 1. The third kappa shape index (κ3) is 6.06. The standard InChI is InChI=1S/C27H25N3O7S/c1-35-18-10-7-9-16(14-18)26(33)37-20-12-5-3-8-17(20)15-28-30-24(32)23(31)29-25-22(27(34)36-2)19-11-4-6-13-21(19)38-25/h3,5,7-10,12,14-15H,4,6,11,13H2,1-2H3,(H,29,31)(H,30,32). The number of anilines is 1. The molecule has 10 nitrogen and oxygen atoms in total. The van der Waals surface area contributed by atoms with Gasteiger partial charge in [0.25, 0.3) is 0 Å². The van der Waals surface area contributed by atoms with E-state index in [1.165, 1.54) is 31.8 Å². The Hall–Kier alpha value is -4.51. The molecule has 196 valence electrons. The molecule has 2 N–H and O–H groups in total. The van der Waals surface area contributed by atoms with Gasteiger partial charge in [0.15, 0.2) is 0 Å². The monoisotopic (exact) mass is 535 g/mol. The molecule has 0 saturated carbocycles. The predicted octanol–water partition coefficient (Wildman–Crippen LogP) is 3.73. The summed E-state index contributed by atoms with van der Waals surface area (Å²) in [6.07, 6.45) is 4.70. The van der Waals surface area contributed by atoms with E-state index in [-0.39, 0.29) is 10.8 Å². The number of carbonyl (C=O) groups excluding carboxylic acids is 4. The lowest BCUT2D eigenvalue weighted by Crippen LogP contribution is -2.32. The maximum atomic E-state index is 12.6. The Morgan fingerprint density at radius 1 is 0.947 bits per heavy atom. The number of nitrogens with one attached hydrogen (secondary N) is 2. The van der Waals surface area contributed by atoms with E-state index in [0.717, 1.165) is 29.7 Å². The fourth-order valence-corrected chi connectivity index (χ4v) is 5.20. The van der Waals surface area contributed by atoms with Gasteiger partial charge < -0.3 is 19.5 Å². The van der Waals surface area contributed by atoms with Crippen LogP contribution < -0.4 is 20.2 Å². The van der Waals surface area contributed by atoms with Crippen molar-refractivity contribution in [3.05, 3.63) is 75.7 Å². The highest BCUT2D eigenvalue weighted by molar-refractivity contribution is 7.17. The molecule has 1 heterocycles. The molecule has 0 radical (unpaired) electrons. The van der Waals surface area contributed by atoms with Gasteiger partial charge in [-0.1, -0.05) is 18.2 Å². The Kier molecular flexibility index (Phi) is 8.49. The number of rotatable bonds is 7. The highest BCUT2D eigenvalue weighted by Gasteiger charge is 2.28. The van der Waals surface area contributed by atoms with Crippen LogP contribution in [0.5, 0.6) is 11.5 Å². The second-order valence-electron chi connectivity index (χ2n) is 8.22. The topological polar surface area (TPSA) is 132 Å². The minimum atomic E-state index is -1.03. The molecular weight excluding hydrogens is 510 g/mol. The van der Waals surface area contributed by atoms with Crippen LogP contribution in [0.4, 0.5) is 5.00 Å². The first-order chi connectivity index (χ1) is 18.4. The summed E-state index contributed by atoms with van der Waals surface area (Å²) in [5.41, 5.74) is 4.00. The highest BCUT2D eigenvalue weighted by atomic mass is 32.1. The first kappa shape index (κ1) is 26.6. The maximum Gasteiger partial charge on any atom is 0.343 e. The van der Waals surface area contributed by atoms with Crippen molar-refractivity contribution in [2.24, 2.45) is 5.10 Å². The number of esters is 2. The third-order valence-electron chi connectivity index (χ3n) is 5.79. The molecule has 1 aliphatic carbocycles. The number of hydrazone groups is 1. The van der Waals surface area contributed by atoms with E-state index in [2.05, 4.69) is 15.8 Å². The van der Waals surface area contributed by atoms with Crippen molar-refractivity contribution in [2.45, 2.75) is 25.7 Å². The van der Waals surface area contributed by atoms with Gasteiger partial charge in [-0.25, -0.2) is 15.0 Å². The van der Waals surface area contributed by atoms with Crippen molar-refractivity contribution in [3.63, 3.8) is 0 Å². The van der Waals surface area contributed by atoms with E-state index in [1.54, 1.807) is 48.5 Å². The summed E-state index contributed by atoms with van der Waals surface area (Å²) in [5.74, 6) is -2.46. The number of para-hydroxylation sites is 1. The fraction of sp³-hybridized carbons (Fsp3) is 0.222. The SMILES string of the molecule is COC(=O)c1c(NC(=O)C(=O)NN=Cc2ccccc2OC(=O)c2cccc(OC)c2)sc2c1CCCC2. The minimum Gasteiger partial charge on any atom is -0.497 e. The molecule has 0 atom stereocenters. The Morgan fingerprint density at radius 2 is 1.74 bits per heavy atom. The van der Waals surface area contributed by atoms with Crippen LogP contribution in [0.1, 0.15) is 49.6 Å². The molecule has 0 bridgehead atoms. The summed E-state index contributed by atoms with van der Waals surface area (Å²) in [6.45, 7) is 0. The van der Waals surface area contributed by atoms with Crippen LogP contribution in [-0.2, 0) is 27.2 Å². The van der Waals surface area contributed by atoms with Crippen LogP contribution in [0.15, 0.2) is 53.6 Å². The van der Waals surface area contributed by atoms with Crippen LogP contribution in [0.25, 0.3) is 0 Å². The smallest absolute Gasteiger partial charge is 0.343 e. The fourth-order valence-electron chi connectivity index (χ4n) is 3.93.